The molecule has 2 aromatic rings. The molecule has 7 nitrogen and oxygen atoms in total. The Morgan fingerprint density at radius 3 is 2.96 bits per heavy atom. The molecule has 124 valence electrons. The maximum Gasteiger partial charge on any atom is 0.226 e. The number of carbonyl (C=O) groups is 1. The Bertz CT molecular complexity index is 655. The molecule has 0 spiro atoms. The molecule has 3 N–H and O–H groups in total. The molecule has 0 radical (unpaired) electrons. The van der Waals surface area contributed by atoms with Crippen LogP contribution in [0.1, 0.15) is 37.9 Å². The first-order valence-corrected chi connectivity index (χ1v) is 7.67. The second kappa shape index (κ2) is 8.17. The highest BCUT2D eigenvalue weighted by molar-refractivity contribution is 5.94. The number of nitrogens with two attached hydrogens (primary N) is 1. The third-order valence-electron chi connectivity index (χ3n) is 3.31. The predicted molar refractivity (Wildman–Crippen MR) is 87.3 cm³/mol. The van der Waals surface area contributed by atoms with E-state index in [1.807, 2.05) is 0 Å². The maximum atomic E-state index is 12.0. The first-order valence-electron chi connectivity index (χ1n) is 7.67. The predicted octanol–water partition coefficient (Wildman–Crippen LogP) is 2.57. The van der Waals surface area contributed by atoms with Crippen LogP contribution in [0.2, 0.25) is 0 Å². The third-order valence-corrected chi connectivity index (χ3v) is 3.31. The number of carbonyl (C=O) groups excluding carboxylic acids is 1. The topological polar surface area (TPSA) is 103 Å². The monoisotopic (exact) mass is 318 g/mol. The van der Waals surface area contributed by atoms with E-state index in [9.17, 15) is 4.79 Å². The zero-order valence-electron chi connectivity index (χ0n) is 13.5. The highest BCUT2D eigenvalue weighted by Crippen LogP contribution is 2.24. The summed E-state index contributed by atoms with van der Waals surface area (Å²) in [5.41, 5.74) is 6.89. The molecule has 0 aliphatic rings. The summed E-state index contributed by atoms with van der Waals surface area (Å²) in [5, 5.41) is 6.67. The van der Waals surface area contributed by atoms with E-state index in [2.05, 4.69) is 22.4 Å². The molecule has 0 unspecified atom stereocenters. The Kier molecular flexibility index (Phi) is 5.96. The second-order valence-electron chi connectivity index (χ2n) is 5.21. The first kappa shape index (κ1) is 16.8. The van der Waals surface area contributed by atoms with Crippen LogP contribution in [-0.2, 0) is 17.6 Å². The lowest BCUT2D eigenvalue weighted by Crippen LogP contribution is -2.13. The Hall–Kier alpha value is -2.57. The molecule has 0 atom stereocenters. The fraction of sp³-hybridized carbons (Fsp3) is 0.438. The Labute approximate surface area is 135 Å². The van der Waals surface area contributed by atoms with Gasteiger partial charge in [-0.2, -0.15) is 4.98 Å². The van der Waals surface area contributed by atoms with Gasteiger partial charge in [-0.05, 0) is 25.0 Å². The van der Waals surface area contributed by atoms with Crippen molar-refractivity contribution < 1.29 is 14.1 Å². The van der Waals surface area contributed by atoms with Crippen molar-refractivity contribution in [3.8, 4) is 5.75 Å². The second-order valence-corrected chi connectivity index (χ2v) is 5.21. The quantitative estimate of drug-likeness (QED) is 0.725. The van der Waals surface area contributed by atoms with Crippen LogP contribution < -0.4 is 15.8 Å². The van der Waals surface area contributed by atoms with Gasteiger partial charge >= 0.3 is 0 Å². The Morgan fingerprint density at radius 1 is 1.39 bits per heavy atom. The molecule has 0 aliphatic carbocycles. The van der Waals surface area contributed by atoms with Crippen LogP contribution in [0.3, 0.4) is 0 Å². The number of aromatic nitrogens is 2. The average Bonchev–Trinajstić information content (AvgIpc) is 2.97. The smallest absolute Gasteiger partial charge is 0.226 e. The number of aryl methyl sites for hydroxylation is 2. The van der Waals surface area contributed by atoms with Crippen molar-refractivity contribution in [1.82, 2.24) is 10.1 Å². The molecule has 1 aromatic heterocycles. The van der Waals surface area contributed by atoms with Gasteiger partial charge < -0.3 is 20.3 Å². The van der Waals surface area contributed by atoms with Gasteiger partial charge in [-0.15, -0.1) is 0 Å². The summed E-state index contributed by atoms with van der Waals surface area (Å²) < 4.78 is 10.3. The highest BCUT2D eigenvalue weighted by atomic mass is 16.5. The molecule has 0 fully saturated rings. The van der Waals surface area contributed by atoms with Gasteiger partial charge in [-0.1, -0.05) is 12.1 Å². The van der Waals surface area contributed by atoms with Crippen molar-refractivity contribution in [2.75, 3.05) is 18.2 Å². The van der Waals surface area contributed by atoms with E-state index in [0.29, 0.717) is 42.3 Å². The number of nitrogens with one attached hydrogen (secondary N) is 1. The van der Waals surface area contributed by atoms with Crippen molar-refractivity contribution in [2.24, 2.45) is 0 Å². The molecule has 0 saturated heterocycles. The molecule has 0 saturated carbocycles. The summed E-state index contributed by atoms with van der Waals surface area (Å²) in [7, 11) is 1.56. The van der Waals surface area contributed by atoms with Crippen LogP contribution in [0.15, 0.2) is 22.7 Å². The summed E-state index contributed by atoms with van der Waals surface area (Å²) in [4.78, 5) is 16.3. The van der Waals surface area contributed by atoms with Gasteiger partial charge in [-0.25, -0.2) is 0 Å². The standard InChI is InChI=1S/C16H22N4O3/c1-3-5-14-19-16(23-20-14)7-4-6-15(21)18-13-10-11(22-2)8-9-12(13)17/h8-10H,3-7,17H2,1-2H3,(H,18,21). The number of amides is 1. The minimum absolute atomic E-state index is 0.113. The van der Waals surface area contributed by atoms with Gasteiger partial charge in [0.25, 0.3) is 0 Å². The molecule has 23 heavy (non-hydrogen) atoms. The van der Waals surface area contributed by atoms with Crippen LogP contribution in [0.5, 0.6) is 5.75 Å². The van der Waals surface area contributed by atoms with Gasteiger partial charge in [0.1, 0.15) is 5.75 Å². The zero-order valence-corrected chi connectivity index (χ0v) is 13.5. The SMILES string of the molecule is CCCc1noc(CCCC(=O)Nc2cc(OC)ccc2N)n1. The fourth-order valence-corrected chi connectivity index (χ4v) is 2.10. The summed E-state index contributed by atoms with van der Waals surface area (Å²) in [5.74, 6) is 1.82. The van der Waals surface area contributed by atoms with E-state index in [0.717, 1.165) is 18.7 Å². The average molecular weight is 318 g/mol. The van der Waals surface area contributed by atoms with Gasteiger partial charge in [0.15, 0.2) is 5.82 Å². The summed E-state index contributed by atoms with van der Waals surface area (Å²) in [6, 6.07) is 5.14. The van der Waals surface area contributed by atoms with Gasteiger partial charge in [-0.3, -0.25) is 4.79 Å². The van der Waals surface area contributed by atoms with Crippen LogP contribution in [-0.4, -0.2) is 23.2 Å². The third kappa shape index (κ3) is 4.98. The molecule has 0 bridgehead atoms. The largest absolute Gasteiger partial charge is 0.497 e. The Balaban J connectivity index is 1.80. The molecule has 1 amide bonds. The molecule has 1 aromatic carbocycles. The van der Waals surface area contributed by atoms with Crippen LogP contribution in [0, 0.1) is 0 Å². The van der Waals surface area contributed by atoms with E-state index >= 15 is 0 Å². The molecule has 2 rings (SSSR count). The zero-order chi connectivity index (χ0) is 16.7. The number of hydrogen-bond donors (Lipinski definition) is 2. The van der Waals surface area contributed by atoms with Crippen molar-refractivity contribution in [1.29, 1.82) is 0 Å². The van der Waals surface area contributed by atoms with E-state index in [4.69, 9.17) is 15.0 Å². The van der Waals surface area contributed by atoms with Crippen molar-refractivity contribution in [2.45, 2.75) is 39.0 Å². The number of hydrogen-bond acceptors (Lipinski definition) is 6. The van der Waals surface area contributed by atoms with Crippen LogP contribution >= 0.6 is 0 Å². The number of nitrogens with zero attached hydrogens (tertiary/aromatic N) is 2. The fourth-order valence-electron chi connectivity index (χ4n) is 2.10. The lowest BCUT2D eigenvalue weighted by Gasteiger charge is -2.09. The normalized spacial score (nSPS) is 10.5. The summed E-state index contributed by atoms with van der Waals surface area (Å²) >= 11 is 0. The van der Waals surface area contributed by atoms with Gasteiger partial charge in [0.05, 0.1) is 18.5 Å². The number of benzene rings is 1. The molecule has 7 heteroatoms. The van der Waals surface area contributed by atoms with Gasteiger partial charge in [0.2, 0.25) is 11.8 Å². The van der Waals surface area contributed by atoms with Crippen molar-refractivity contribution in [3.05, 3.63) is 29.9 Å². The number of ether oxygens (including phenoxy) is 1. The van der Waals surface area contributed by atoms with Gasteiger partial charge in [0, 0.05) is 25.3 Å². The lowest BCUT2D eigenvalue weighted by molar-refractivity contribution is -0.116. The summed E-state index contributed by atoms with van der Waals surface area (Å²) in [6.07, 6.45) is 3.34. The lowest BCUT2D eigenvalue weighted by atomic mass is 10.2. The molecule has 0 aliphatic heterocycles. The number of methoxy groups -OCH3 is 1. The van der Waals surface area contributed by atoms with Crippen molar-refractivity contribution in [3.63, 3.8) is 0 Å². The Morgan fingerprint density at radius 2 is 2.22 bits per heavy atom. The van der Waals surface area contributed by atoms with Crippen LogP contribution in [0.4, 0.5) is 11.4 Å². The number of rotatable bonds is 8. The number of nitrogen functional groups attached to an aromatic ring is 1. The van der Waals surface area contributed by atoms with E-state index < -0.39 is 0 Å². The molecule has 1 heterocycles. The highest BCUT2D eigenvalue weighted by Gasteiger charge is 2.09. The van der Waals surface area contributed by atoms with E-state index in [-0.39, 0.29) is 5.91 Å². The van der Waals surface area contributed by atoms with Crippen molar-refractivity contribution >= 4 is 17.3 Å². The van der Waals surface area contributed by atoms with E-state index in [1.54, 1.807) is 25.3 Å². The minimum Gasteiger partial charge on any atom is -0.497 e. The number of anilines is 2. The minimum atomic E-state index is -0.113. The molecular formula is C16H22N4O3. The van der Waals surface area contributed by atoms with E-state index in [1.165, 1.54) is 0 Å². The summed E-state index contributed by atoms with van der Waals surface area (Å²) in [6.45, 7) is 2.06. The maximum absolute atomic E-state index is 12.0. The van der Waals surface area contributed by atoms with Crippen LogP contribution in [0.25, 0.3) is 0 Å². The first-order chi connectivity index (χ1) is 11.1. The molecular weight excluding hydrogens is 296 g/mol.